The third-order valence-electron chi connectivity index (χ3n) is 13.7. The van der Waals surface area contributed by atoms with Crippen molar-refractivity contribution in [2.75, 3.05) is 39.4 Å². The zero-order valence-corrected chi connectivity index (χ0v) is 40.1. The Bertz CT molecular complexity index is 1960. The van der Waals surface area contributed by atoms with Gasteiger partial charge in [0.25, 0.3) is 11.8 Å². The number of amides is 4. The van der Waals surface area contributed by atoms with E-state index < -0.39 is 126 Å². The van der Waals surface area contributed by atoms with Crippen LogP contribution in [-0.4, -0.2) is 201 Å². The molecule has 6 unspecified atom stereocenters. The van der Waals surface area contributed by atoms with Crippen molar-refractivity contribution in [3.63, 3.8) is 0 Å². The predicted octanol–water partition coefficient (Wildman–Crippen LogP) is -2.09. The number of aliphatic hydroxyl groups excluding tert-OH is 5. The number of carbonyl (C=O) groups excluding carboxylic acids is 4. The Morgan fingerprint density at radius 2 is 1.64 bits per heavy atom. The lowest BCUT2D eigenvalue weighted by Crippen LogP contribution is -2.67. The predicted molar refractivity (Wildman–Crippen MR) is 236 cm³/mol. The molecule has 6 rings (SSSR count). The van der Waals surface area contributed by atoms with Crippen molar-refractivity contribution < 1.29 is 85.5 Å². The zero-order valence-electron chi connectivity index (χ0n) is 39.3. The molecular weight excluding hydrogens is 935 g/mol. The Morgan fingerprint density at radius 3 is 2.29 bits per heavy atom. The van der Waals surface area contributed by atoms with Gasteiger partial charge < -0.3 is 70.1 Å². The molecule has 1 aromatic rings. The third-order valence-corrected chi connectivity index (χ3v) is 14.2. The van der Waals surface area contributed by atoms with Gasteiger partial charge in [0.05, 0.1) is 37.7 Å². The van der Waals surface area contributed by atoms with Crippen LogP contribution in [0.2, 0.25) is 0 Å². The molecule has 4 heterocycles. The van der Waals surface area contributed by atoms with E-state index in [-0.39, 0.29) is 63.0 Å². The van der Waals surface area contributed by atoms with Crippen molar-refractivity contribution in [1.29, 1.82) is 0 Å². The summed E-state index contributed by atoms with van der Waals surface area (Å²) >= 11 is 0. The highest BCUT2D eigenvalue weighted by Gasteiger charge is 2.53. The molecule has 392 valence electrons. The molecular formula is C43H71N7O18S. The highest BCUT2D eigenvalue weighted by molar-refractivity contribution is 7.80. The number of nitrogens with one attached hydrogen (secondary N) is 3. The van der Waals surface area contributed by atoms with Crippen molar-refractivity contribution in [1.82, 2.24) is 35.8 Å². The first-order chi connectivity index (χ1) is 32.9. The van der Waals surface area contributed by atoms with Crippen molar-refractivity contribution in [2.24, 2.45) is 17.8 Å². The maximum atomic E-state index is 14.0. The van der Waals surface area contributed by atoms with Gasteiger partial charge in [-0.2, -0.15) is 8.42 Å². The van der Waals surface area contributed by atoms with E-state index in [0.717, 1.165) is 38.5 Å². The number of hydrogen-bond acceptors (Lipinski definition) is 19. The van der Waals surface area contributed by atoms with Crippen molar-refractivity contribution in [3.8, 4) is 0 Å². The number of aryl methyl sites for hydroxylation is 1. The van der Waals surface area contributed by atoms with E-state index in [2.05, 4.69) is 30.4 Å². The summed E-state index contributed by atoms with van der Waals surface area (Å²) in [6.07, 6.45) is -7.49. The van der Waals surface area contributed by atoms with Gasteiger partial charge in [-0.25, -0.2) is 4.18 Å². The number of carbonyl (C=O) groups is 4. The fourth-order valence-corrected chi connectivity index (χ4v) is 10.1. The van der Waals surface area contributed by atoms with Gasteiger partial charge in [0.1, 0.15) is 48.8 Å². The lowest BCUT2D eigenvalue weighted by molar-refractivity contribution is -0.338. The summed E-state index contributed by atoms with van der Waals surface area (Å²) in [5, 5.41) is 70.4. The number of hydrogen-bond donors (Lipinski definition) is 9. The van der Waals surface area contributed by atoms with Crippen LogP contribution in [0.15, 0.2) is 6.20 Å². The van der Waals surface area contributed by atoms with Gasteiger partial charge in [-0.3, -0.25) is 28.4 Å². The Labute approximate surface area is 401 Å². The first kappa shape index (κ1) is 54.8. The van der Waals surface area contributed by atoms with Crippen LogP contribution >= 0.6 is 0 Å². The minimum atomic E-state index is -4.59. The summed E-state index contributed by atoms with van der Waals surface area (Å²) in [7, 11) is -4.59. The normalized spacial score (nSPS) is 33.8. The summed E-state index contributed by atoms with van der Waals surface area (Å²) in [5.41, 5.74) is -0.0433. The van der Waals surface area contributed by atoms with Crippen LogP contribution in [0, 0.1) is 17.8 Å². The minimum absolute atomic E-state index is 0.00572. The summed E-state index contributed by atoms with van der Waals surface area (Å²) < 4.78 is 67.6. The number of rotatable bonds is 22. The van der Waals surface area contributed by atoms with Gasteiger partial charge in [0, 0.05) is 45.6 Å². The van der Waals surface area contributed by atoms with E-state index in [1.807, 2.05) is 6.92 Å². The molecule has 25 nitrogen and oxygen atoms in total. The summed E-state index contributed by atoms with van der Waals surface area (Å²) in [6, 6.07) is -1.26. The van der Waals surface area contributed by atoms with Crippen LogP contribution in [-0.2, 0) is 59.2 Å². The second kappa shape index (κ2) is 25.2. The van der Waals surface area contributed by atoms with Gasteiger partial charge in [0.2, 0.25) is 11.8 Å². The quantitative estimate of drug-likeness (QED) is 0.0444. The second-order valence-corrected chi connectivity index (χ2v) is 19.9. The van der Waals surface area contributed by atoms with E-state index in [0.29, 0.717) is 25.9 Å². The molecule has 3 aliphatic heterocycles. The molecule has 0 bridgehead atoms. The molecule has 0 spiro atoms. The first-order valence-electron chi connectivity index (χ1n) is 24.1. The van der Waals surface area contributed by atoms with Crippen molar-refractivity contribution in [2.45, 2.75) is 178 Å². The lowest BCUT2D eigenvalue weighted by atomic mass is 9.75. The molecule has 26 heteroatoms. The monoisotopic (exact) mass is 1010 g/mol. The minimum Gasteiger partial charge on any atom is -0.394 e. The van der Waals surface area contributed by atoms with E-state index >= 15 is 0 Å². The van der Waals surface area contributed by atoms with Crippen LogP contribution < -0.4 is 16.0 Å². The van der Waals surface area contributed by atoms with Gasteiger partial charge in [0.15, 0.2) is 18.3 Å². The van der Waals surface area contributed by atoms with Crippen molar-refractivity contribution >= 4 is 34.0 Å². The largest absolute Gasteiger partial charge is 0.397 e. The maximum Gasteiger partial charge on any atom is 0.397 e. The van der Waals surface area contributed by atoms with E-state index in [9.17, 15) is 53.1 Å². The molecule has 2 aliphatic carbocycles. The fourth-order valence-electron chi connectivity index (χ4n) is 9.81. The van der Waals surface area contributed by atoms with E-state index in [1.54, 1.807) is 4.90 Å². The first-order valence-corrected chi connectivity index (χ1v) is 25.5. The molecule has 9 N–H and O–H groups in total. The molecule has 3 saturated heterocycles. The Kier molecular flexibility index (Phi) is 20.0. The van der Waals surface area contributed by atoms with Gasteiger partial charge >= 0.3 is 10.4 Å². The number of ether oxygens (including phenoxy) is 5. The number of likely N-dealkylation sites (tertiary alicyclic amines) is 1. The van der Waals surface area contributed by atoms with Gasteiger partial charge in [-0.05, 0) is 50.9 Å². The smallest absolute Gasteiger partial charge is 0.394 e. The summed E-state index contributed by atoms with van der Waals surface area (Å²) in [4.78, 5) is 55.4. The Hall–Kier alpha value is -3.51. The number of aliphatic hydroxyl groups is 5. The second-order valence-electron chi connectivity index (χ2n) is 18.8. The molecule has 0 radical (unpaired) electrons. The number of aromatic nitrogens is 3. The van der Waals surface area contributed by atoms with E-state index in [1.165, 1.54) is 24.7 Å². The third kappa shape index (κ3) is 14.8. The fraction of sp³-hybridized carbons (Fsp3) is 0.860. The van der Waals surface area contributed by atoms with Crippen LogP contribution in [0.3, 0.4) is 0 Å². The molecule has 0 aromatic carbocycles. The van der Waals surface area contributed by atoms with Crippen LogP contribution in [0.4, 0.5) is 0 Å². The Morgan fingerprint density at radius 1 is 0.913 bits per heavy atom. The highest BCUT2D eigenvalue weighted by Crippen LogP contribution is 2.40. The molecule has 4 amide bonds. The molecule has 5 aliphatic rings. The molecule has 15 atom stereocenters. The molecule has 1 aromatic heterocycles. The Balaban J connectivity index is 1.19. The van der Waals surface area contributed by atoms with Gasteiger partial charge in [-0.1, -0.05) is 50.7 Å². The average molecular weight is 1010 g/mol. The SMILES string of the molecule is CCC1CC(C(=O)NCCNC(=O)c2cn(CCCOS(=O)(=O)O)nn2)C[C@@H](O[C@@H]2O[C@@H](CO)[C@H](O)C(O[C@@H](CC3CCCCC3)C(=O)N3CCC3)C2NC(C)=O)[C@@H]1O[C@@H]1OC(C)[C@@H](O)[C@H](O)C1O. The standard InChI is InChI=1S/C43H71N7O18S/c1-4-26-19-27(39(57)44-12-13-45-40(58)28-21-50(48-47-28)16-9-17-63-69(60,61)62)20-29(37(26)68-43-36(56)35(55)33(53)23(2)64-43)66-42-32(46-24(3)52)38(34(54)31(22-51)67-42)65-30(41(59)49-14-8-15-49)18-25-10-6-5-7-11-25/h21,23,25-27,29-38,42-43,51,53-56H,4-20,22H2,1-3H3,(H,44,57)(H,45,58)(H,46,52)(H,60,61,62)/t23?,26?,27?,29-,30+,31+,32?,33-,34+,35+,36?,37-,38?,42-,43+/m1/s1. The summed E-state index contributed by atoms with van der Waals surface area (Å²) in [6.45, 7) is 4.86. The molecule has 2 saturated carbocycles. The van der Waals surface area contributed by atoms with E-state index in [4.69, 9.17) is 28.2 Å². The van der Waals surface area contributed by atoms with Gasteiger partial charge in [-0.15, -0.1) is 5.10 Å². The molecule has 69 heavy (non-hydrogen) atoms. The molecule has 5 fully saturated rings. The zero-order chi connectivity index (χ0) is 50.0. The average Bonchev–Trinajstić information content (AvgIpc) is 3.78. The highest BCUT2D eigenvalue weighted by atomic mass is 32.3. The lowest BCUT2D eigenvalue weighted by Gasteiger charge is -2.49. The maximum absolute atomic E-state index is 14.0. The van der Waals surface area contributed by atoms with Crippen molar-refractivity contribution in [3.05, 3.63) is 11.9 Å². The van der Waals surface area contributed by atoms with Crippen LogP contribution in [0.5, 0.6) is 0 Å². The van der Waals surface area contributed by atoms with Crippen LogP contribution in [0.1, 0.15) is 102 Å². The number of nitrogens with zero attached hydrogens (tertiary/aromatic N) is 4. The topological polar surface area (TPSA) is 349 Å². The summed E-state index contributed by atoms with van der Waals surface area (Å²) in [5.74, 6) is -2.80. The van der Waals surface area contributed by atoms with Crippen LogP contribution in [0.25, 0.3) is 0 Å².